The molecule has 0 aromatic heterocycles. The second kappa shape index (κ2) is 9.53. The molecule has 0 atom stereocenters. The van der Waals surface area contributed by atoms with E-state index in [4.69, 9.17) is 10.5 Å². The summed E-state index contributed by atoms with van der Waals surface area (Å²) in [4.78, 5) is 23.6. The monoisotopic (exact) mass is 505 g/mol. The molecule has 2 rings (SSSR count). The van der Waals surface area contributed by atoms with E-state index in [2.05, 4.69) is 37.2 Å². The summed E-state index contributed by atoms with van der Waals surface area (Å²) < 4.78 is 6.67. The maximum atomic E-state index is 12.6. The molecule has 0 unspecified atom stereocenters. The summed E-state index contributed by atoms with van der Waals surface area (Å²) in [6.07, 6.45) is 1.39. The van der Waals surface area contributed by atoms with Crippen molar-refractivity contribution in [3.63, 3.8) is 0 Å². The lowest BCUT2D eigenvalue weighted by atomic mass is 10.1. The number of nitriles is 1. The molecule has 6 nitrogen and oxygen atoms in total. The van der Waals surface area contributed by atoms with Crippen LogP contribution in [0.2, 0.25) is 0 Å². The van der Waals surface area contributed by atoms with E-state index in [-0.39, 0.29) is 12.2 Å². The summed E-state index contributed by atoms with van der Waals surface area (Å²) in [5, 5.41) is 12.2. The quantitative estimate of drug-likeness (QED) is 0.451. The molecule has 0 spiro atoms. The molecule has 0 fully saturated rings. The average Bonchev–Trinajstić information content (AvgIpc) is 2.60. The Bertz CT molecular complexity index is 1010. The number of rotatable bonds is 6. The Balaban J connectivity index is 2.39. The Morgan fingerprint density at radius 1 is 1.25 bits per heavy atom. The number of anilines is 1. The van der Waals surface area contributed by atoms with Crippen molar-refractivity contribution in [3.05, 3.63) is 61.5 Å². The number of benzene rings is 2. The lowest BCUT2D eigenvalue weighted by molar-refractivity contribution is -0.120. The van der Waals surface area contributed by atoms with Crippen LogP contribution in [0.15, 0.2) is 44.9 Å². The molecule has 3 N–H and O–H groups in total. The largest absolute Gasteiger partial charge is 0.482 e. The molecule has 0 bridgehead atoms. The van der Waals surface area contributed by atoms with Gasteiger partial charge in [-0.1, -0.05) is 33.6 Å². The van der Waals surface area contributed by atoms with Crippen molar-refractivity contribution in [2.45, 2.75) is 13.8 Å². The van der Waals surface area contributed by atoms with E-state index in [1.165, 1.54) is 6.08 Å². The van der Waals surface area contributed by atoms with Gasteiger partial charge in [0.05, 0.1) is 4.47 Å². The highest BCUT2D eigenvalue weighted by Gasteiger charge is 2.15. The minimum absolute atomic E-state index is 0.117. The van der Waals surface area contributed by atoms with Gasteiger partial charge in [0.25, 0.3) is 11.8 Å². The summed E-state index contributed by atoms with van der Waals surface area (Å²) in [5.74, 6) is -0.890. The van der Waals surface area contributed by atoms with Gasteiger partial charge in [-0.15, -0.1) is 0 Å². The van der Waals surface area contributed by atoms with Crippen molar-refractivity contribution >= 4 is 55.4 Å². The van der Waals surface area contributed by atoms with Gasteiger partial charge in [0, 0.05) is 15.7 Å². The molecular formula is C20H17Br2N3O3. The number of nitrogens with one attached hydrogen (secondary N) is 1. The van der Waals surface area contributed by atoms with Gasteiger partial charge in [-0.25, -0.2) is 0 Å². The van der Waals surface area contributed by atoms with E-state index in [9.17, 15) is 14.9 Å². The van der Waals surface area contributed by atoms with Crippen molar-refractivity contribution < 1.29 is 14.3 Å². The molecule has 8 heteroatoms. The van der Waals surface area contributed by atoms with Crippen LogP contribution in [0.3, 0.4) is 0 Å². The van der Waals surface area contributed by atoms with Crippen LogP contribution in [0.1, 0.15) is 16.7 Å². The van der Waals surface area contributed by atoms with E-state index in [0.717, 1.165) is 11.1 Å². The summed E-state index contributed by atoms with van der Waals surface area (Å²) in [6.45, 7) is 3.50. The molecule has 28 heavy (non-hydrogen) atoms. The van der Waals surface area contributed by atoms with Gasteiger partial charge < -0.3 is 15.8 Å². The summed E-state index contributed by atoms with van der Waals surface area (Å²) in [5.41, 5.74) is 8.04. The van der Waals surface area contributed by atoms with Crippen molar-refractivity contribution in [2.75, 3.05) is 11.9 Å². The van der Waals surface area contributed by atoms with Gasteiger partial charge in [0.15, 0.2) is 6.61 Å². The van der Waals surface area contributed by atoms with E-state index >= 15 is 0 Å². The number of amides is 2. The number of nitrogens with two attached hydrogens (primary N) is 1. The van der Waals surface area contributed by atoms with E-state index in [1.807, 2.05) is 32.0 Å². The molecule has 2 amide bonds. The Kier molecular flexibility index (Phi) is 7.38. The Labute approximate surface area is 179 Å². The van der Waals surface area contributed by atoms with Gasteiger partial charge in [-0.05, 0) is 59.6 Å². The van der Waals surface area contributed by atoms with Crippen molar-refractivity contribution in [3.8, 4) is 11.8 Å². The third-order valence-corrected chi connectivity index (χ3v) is 4.74. The van der Waals surface area contributed by atoms with Crippen LogP contribution in [0.5, 0.6) is 5.75 Å². The van der Waals surface area contributed by atoms with E-state index in [0.29, 0.717) is 25.9 Å². The van der Waals surface area contributed by atoms with Crippen LogP contribution < -0.4 is 15.8 Å². The van der Waals surface area contributed by atoms with Gasteiger partial charge >= 0.3 is 0 Å². The third kappa shape index (κ3) is 5.68. The molecular weight excluding hydrogens is 490 g/mol. The number of hydrogen-bond donors (Lipinski definition) is 2. The van der Waals surface area contributed by atoms with Gasteiger partial charge in [0.1, 0.15) is 17.4 Å². The first-order valence-corrected chi connectivity index (χ1v) is 9.70. The first-order valence-electron chi connectivity index (χ1n) is 8.11. The Morgan fingerprint density at radius 3 is 2.57 bits per heavy atom. The smallest absolute Gasteiger partial charge is 0.266 e. The maximum absolute atomic E-state index is 12.6. The fourth-order valence-electron chi connectivity index (χ4n) is 2.43. The van der Waals surface area contributed by atoms with Crippen molar-refractivity contribution in [1.82, 2.24) is 0 Å². The van der Waals surface area contributed by atoms with E-state index < -0.39 is 11.8 Å². The molecule has 0 aliphatic heterocycles. The van der Waals surface area contributed by atoms with Gasteiger partial charge in [-0.3, -0.25) is 9.59 Å². The summed E-state index contributed by atoms with van der Waals surface area (Å²) >= 11 is 6.70. The van der Waals surface area contributed by atoms with E-state index in [1.54, 1.807) is 18.2 Å². The molecule has 0 aliphatic rings. The first-order chi connectivity index (χ1) is 13.2. The average molecular weight is 507 g/mol. The summed E-state index contributed by atoms with van der Waals surface area (Å²) in [6, 6.07) is 10.9. The SMILES string of the molecule is Cc1ccc(NC(=O)/C(C#N)=C/c2cc(Br)cc(Br)c2OCC(N)=O)c(C)c1. The fraction of sp³-hybridized carbons (Fsp3) is 0.150. The normalized spacial score (nSPS) is 10.9. The zero-order valence-electron chi connectivity index (χ0n) is 15.2. The van der Waals surface area contributed by atoms with Crippen LogP contribution in [-0.2, 0) is 9.59 Å². The lowest BCUT2D eigenvalue weighted by Gasteiger charge is -2.12. The number of ether oxygens (including phenoxy) is 1. The van der Waals surface area contributed by atoms with Crippen molar-refractivity contribution in [1.29, 1.82) is 5.26 Å². The topological polar surface area (TPSA) is 105 Å². The van der Waals surface area contributed by atoms with Crippen LogP contribution >= 0.6 is 31.9 Å². The number of carbonyl (C=O) groups is 2. The zero-order chi connectivity index (χ0) is 20.8. The van der Waals surface area contributed by atoms with Crippen LogP contribution in [-0.4, -0.2) is 18.4 Å². The molecule has 0 saturated heterocycles. The minimum atomic E-state index is -0.641. The van der Waals surface area contributed by atoms with Crippen molar-refractivity contribution in [2.24, 2.45) is 5.73 Å². The minimum Gasteiger partial charge on any atom is -0.482 e. The first kappa shape index (κ1) is 21.7. The Hall–Kier alpha value is -2.63. The second-order valence-electron chi connectivity index (χ2n) is 6.00. The zero-order valence-corrected chi connectivity index (χ0v) is 18.3. The van der Waals surface area contributed by atoms with Gasteiger partial charge in [0.2, 0.25) is 0 Å². The number of halogens is 2. The number of primary amides is 1. The second-order valence-corrected chi connectivity index (χ2v) is 7.77. The van der Waals surface area contributed by atoms with Gasteiger partial charge in [-0.2, -0.15) is 5.26 Å². The Morgan fingerprint density at radius 2 is 1.96 bits per heavy atom. The number of carbonyl (C=O) groups excluding carboxylic acids is 2. The third-order valence-electron chi connectivity index (χ3n) is 3.69. The molecule has 2 aromatic rings. The fourth-order valence-corrected chi connectivity index (χ4v) is 3.80. The molecule has 0 saturated carbocycles. The molecule has 0 heterocycles. The van der Waals surface area contributed by atoms with Crippen LogP contribution in [0, 0.1) is 25.2 Å². The highest BCUT2D eigenvalue weighted by molar-refractivity contribution is 9.11. The molecule has 144 valence electrons. The van der Waals surface area contributed by atoms with Crippen LogP contribution in [0.25, 0.3) is 6.08 Å². The predicted molar refractivity (Wildman–Crippen MR) is 115 cm³/mol. The number of hydrogen-bond acceptors (Lipinski definition) is 4. The molecule has 0 radical (unpaired) electrons. The lowest BCUT2D eigenvalue weighted by Crippen LogP contribution is -2.20. The highest BCUT2D eigenvalue weighted by Crippen LogP contribution is 2.34. The standard InChI is InChI=1S/C20H17Br2N3O3/c1-11-3-4-17(12(2)5-11)25-20(27)14(9-23)6-13-7-15(21)8-16(22)19(13)28-10-18(24)26/h3-8H,10H2,1-2H3,(H2,24,26)(H,25,27)/b14-6+. The number of nitrogens with zero attached hydrogens (tertiary/aromatic N) is 1. The summed E-state index contributed by atoms with van der Waals surface area (Å²) in [7, 11) is 0. The highest BCUT2D eigenvalue weighted by atomic mass is 79.9. The van der Waals surface area contributed by atoms with Crippen LogP contribution in [0.4, 0.5) is 5.69 Å². The predicted octanol–water partition coefficient (Wildman–Crippen LogP) is 4.24. The molecule has 2 aromatic carbocycles. The number of aryl methyl sites for hydroxylation is 2. The molecule has 0 aliphatic carbocycles. The maximum Gasteiger partial charge on any atom is 0.266 e.